The van der Waals surface area contributed by atoms with Gasteiger partial charge in [-0.3, -0.25) is 4.90 Å². The van der Waals surface area contributed by atoms with E-state index in [-0.39, 0.29) is 6.04 Å². The molecule has 1 heterocycles. The van der Waals surface area contributed by atoms with E-state index < -0.39 is 10.2 Å². The molecule has 124 valence electrons. The van der Waals surface area contributed by atoms with Crippen LogP contribution in [0.4, 0.5) is 0 Å². The lowest BCUT2D eigenvalue weighted by atomic mass is 10.2. The molecule has 0 spiro atoms. The Morgan fingerprint density at radius 1 is 1.32 bits per heavy atom. The highest BCUT2D eigenvalue weighted by Crippen LogP contribution is 2.14. The average Bonchev–Trinajstić information content (AvgIpc) is 2.92. The molecular weight excluding hydrogens is 298 g/mol. The molecule has 1 atom stereocenters. The lowest BCUT2D eigenvalue weighted by Gasteiger charge is -2.21. The van der Waals surface area contributed by atoms with Gasteiger partial charge in [0.05, 0.1) is 0 Å². The number of nitrogens with zero attached hydrogens (tertiary/aromatic N) is 2. The van der Waals surface area contributed by atoms with Crippen LogP contribution in [0.3, 0.4) is 0 Å². The second-order valence-corrected chi connectivity index (χ2v) is 7.81. The molecule has 1 saturated heterocycles. The third-order valence-corrected chi connectivity index (χ3v) is 5.71. The van der Waals surface area contributed by atoms with Gasteiger partial charge in [-0.25, -0.2) is 0 Å². The summed E-state index contributed by atoms with van der Waals surface area (Å²) in [6, 6.07) is 10.3. The third-order valence-electron chi connectivity index (χ3n) is 4.07. The Kier molecular flexibility index (Phi) is 6.37. The Balaban J connectivity index is 1.83. The van der Waals surface area contributed by atoms with E-state index in [0.717, 1.165) is 38.9 Å². The summed E-state index contributed by atoms with van der Waals surface area (Å²) in [5.41, 5.74) is 1.27. The van der Waals surface area contributed by atoms with Crippen molar-refractivity contribution in [3.63, 3.8) is 0 Å². The van der Waals surface area contributed by atoms with Crippen LogP contribution in [0.25, 0.3) is 0 Å². The van der Waals surface area contributed by atoms with Gasteiger partial charge in [0.15, 0.2) is 0 Å². The van der Waals surface area contributed by atoms with Crippen LogP contribution in [0, 0.1) is 0 Å². The Hall–Kier alpha value is -0.950. The number of hydrogen-bond acceptors (Lipinski definition) is 3. The van der Waals surface area contributed by atoms with Gasteiger partial charge in [0.25, 0.3) is 10.2 Å². The van der Waals surface area contributed by atoms with E-state index in [1.807, 2.05) is 18.2 Å². The monoisotopic (exact) mass is 325 g/mol. The van der Waals surface area contributed by atoms with E-state index in [9.17, 15) is 8.42 Å². The van der Waals surface area contributed by atoms with Crippen LogP contribution in [-0.4, -0.2) is 50.3 Å². The maximum absolute atomic E-state index is 12.3. The predicted molar refractivity (Wildman–Crippen MR) is 89.7 cm³/mol. The lowest BCUT2D eigenvalue weighted by Crippen LogP contribution is -2.45. The Morgan fingerprint density at radius 2 is 2.05 bits per heavy atom. The molecule has 2 rings (SSSR count). The molecule has 6 heteroatoms. The van der Waals surface area contributed by atoms with Crippen molar-refractivity contribution in [2.75, 3.05) is 26.7 Å². The zero-order valence-corrected chi connectivity index (χ0v) is 14.3. The molecule has 0 bridgehead atoms. The normalized spacial score (nSPS) is 19.9. The van der Waals surface area contributed by atoms with Crippen molar-refractivity contribution in [2.24, 2.45) is 0 Å². The summed E-state index contributed by atoms with van der Waals surface area (Å²) < 4.78 is 28.8. The van der Waals surface area contributed by atoms with Gasteiger partial charge in [0.1, 0.15) is 0 Å². The molecule has 1 aromatic carbocycles. The van der Waals surface area contributed by atoms with Crippen molar-refractivity contribution in [3.8, 4) is 0 Å². The van der Waals surface area contributed by atoms with Crippen LogP contribution >= 0.6 is 0 Å². The maximum atomic E-state index is 12.3. The highest BCUT2D eigenvalue weighted by molar-refractivity contribution is 7.87. The standard InChI is InChI=1S/C16H27N3O2S/c1-3-4-11-18(2)22(20,21)17-16-10-12-19(14-16)13-15-8-6-5-7-9-15/h5-9,16-17H,3-4,10-14H2,1-2H3/t16-/m0/s1. The van der Waals surface area contributed by atoms with Crippen molar-refractivity contribution in [2.45, 2.75) is 38.8 Å². The number of rotatable bonds is 8. The summed E-state index contributed by atoms with van der Waals surface area (Å²) in [6.45, 7) is 5.22. The second kappa shape index (κ2) is 8.06. The molecule has 5 nitrogen and oxygen atoms in total. The first kappa shape index (κ1) is 17.4. The fraction of sp³-hybridized carbons (Fsp3) is 0.625. The fourth-order valence-corrected chi connectivity index (χ4v) is 3.88. The largest absolute Gasteiger partial charge is 0.297 e. The van der Waals surface area contributed by atoms with Crippen molar-refractivity contribution >= 4 is 10.2 Å². The molecule has 0 aliphatic carbocycles. The Bertz CT molecular complexity index is 548. The summed E-state index contributed by atoms with van der Waals surface area (Å²) in [4.78, 5) is 2.30. The molecule has 0 amide bonds. The summed E-state index contributed by atoms with van der Waals surface area (Å²) in [5, 5.41) is 0. The minimum Gasteiger partial charge on any atom is -0.297 e. The predicted octanol–water partition coefficient (Wildman–Crippen LogP) is 1.83. The quantitative estimate of drug-likeness (QED) is 0.793. The molecule has 0 aromatic heterocycles. The minimum absolute atomic E-state index is 0.0118. The van der Waals surface area contributed by atoms with Crippen LogP contribution < -0.4 is 4.72 Å². The molecule has 1 aliphatic rings. The van der Waals surface area contributed by atoms with Crippen LogP contribution in [0.1, 0.15) is 31.7 Å². The van der Waals surface area contributed by atoms with E-state index in [1.165, 1.54) is 9.87 Å². The number of hydrogen-bond donors (Lipinski definition) is 1. The van der Waals surface area contributed by atoms with Crippen molar-refractivity contribution < 1.29 is 8.42 Å². The number of nitrogens with one attached hydrogen (secondary N) is 1. The Labute approximate surface area is 134 Å². The summed E-state index contributed by atoms with van der Waals surface area (Å²) >= 11 is 0. The van der Waals surface area contributed by atoms with Crippen LogP contribution in [0.15, 0.2) is 30.3 Å². The molecule has 22 heavy (non-hydrogen) atoms. The molecule has 1 fully saturated rings. The van der Waals surface area contributed by atoms with E-state index >= 15 is 0 Å². The maximum Gasteiger partial charge on any atom is 0.279 e. The first-order chi connectivity index (χ1) is 10.5. The number of unbranched alkanes of at least 4 members (excludes halogenated alkanes) is 1. The Morgan fingerprint density at radius 3 is 2.73 bits per heavy atom. The summed E-state index contributed by atoms with van der Waals surface area (Å²) in [6.07, 6.45) is 2.75. The molecule has 0 saturated carbocycles. The van der Waals surface area contributed by atoms with Crippen LogP contribution in [0.2, 0.25) is 0 Å². The SMILES string of the molecule is CCCCN(C)S(=O)(=O)N[C@H]1CCN(Cc2ccccc2)C1. The smallest absolute Gasteiger partial charge is 0.279 e. The fourth-order valence-electron chi connectivity index (χ4n) is 2.72. The third kappa shape index (κ3) is 5.05. The van der Waals surface area contributed by atoms with E-state index in [2.05, 4.69) is 28.7 Å². The molecule has 1 aromatic rings. The van der Waals surface area contributed by atoms with Gasteiger partial charge in [-0.15, -0.1) is 0 Å². The number of likely N-dealkylation sites (tertiary alicyclic amines) is 1. The zero-order chi connectivity index (χ0) is 16.0. The van der Waals surface area contributed by atoms with Gasteiger partial charge in [-0.1, -0.05) is 43.7 Å². The highest BCUT2D eigenvalue weighted by Gasteiger charge is 2.28. The van der Waals surface area contributed by atoms with Crippen molar-refractivity contribution in [3.05, 3.63) is 35.9 Å². The van der Waals surface area contributed by atoms with E-state index in [0.29, 0.717) is 6.54 Å². The molecule has 0 unspecified atom stereocenters. The highest BCUT2D eigenvalue weighted by atomic mass is 32.2. The van der Waals surface area contributed by atoms with Gasteiger partial charge < -0.3 is 0 Å². The molecular formula is C16H27N3O2S. The van der Waals surface area contributed by atoms with E-state index in [4.69, 9.17) is 0 Å². The molecule has 1 aliphatic heterocycles. The molecule has 0 radical (unpaired) electrons. The summed E-state index contributed by atoms with van der Waals surface area (Å²) in [7, 11) is -1.71. The van der Waals surface area contributed by atoms with Crippen molar-refractivity contribution in [1.82, 2.24) is 13.9 Å². The average molecular weight is 325 g/mol. The van der Waals surface area contributed by atoms with Gasteiger partial charge in [0, 0.05) is 39.3 Å². The first-order valence-electron chi connectivity index (χ1n) is 8.01. The van der Waals surface area contributed by atoms with E-state index in [1.54, 1.807) is 7.05 Å². The number of benzene rings is 1. The lowest BCUT2D eigenvalue weighted by molar-refractivity contribution is 0.323. The van der Waals surface area contributed by atoms with Crippen molar-refractivity contribution in [1.29, 1.82) is 0 Å². The topological polar surface area (TPSA) is 52.7 Å². The van der Waals surface area contributed by atoms with Gasteiger partial charge in [-0.05, 0) is 18.4 Å². The molecule has 1 N–H and O–H groups in total. The minimum atomic E-state index is -3.36. The second-order valence-electron chi connectivity index (χ2n) is 6.00. The van der Waals surface area contributed by atoms with Crippen LogP contribution in [-0.2, 0) is 16.8 Å². The van der Waals surface area contributed by atoms with Gasteiger partial charge in [-0.2, -0.15) is 17.4 Å². The first-order valence-corrected chi connectivity index (χ1v) is 9.45. The van der Waals surface area contributed by atoms with Gasteiger partial charge >= 0.3 is 0 Å². The summed E-state index contributed by atoms with van der Waals surface area (Å²) in [5.74, 6) is 0. The zero-order valence-electron chi connectivity index (χ0n) is 13.5. The van der Waals surface area contributed by atoms with Gasteiger partial charge in [0.2, 0.25) is 0 Å². The van der Waals surface area contributed by atoms with Crippen LogP contribution in [0.5, 0.6) is 0 Å².